The summed E-state index contributed by atoms with van der Waals surface area (Å²) in [5, 5.41) is 16.5. The first-order chi connectivity index (χ1) is 17.6. The average Bonchev–Trinajstić information content (AvgIpc) is 3.32. The second-order valence-electron chi connectivity index (χ2n) is 8.72. The third-order valence-corrected chi connectivity index (χ3v) is 5.62. The van der Waals surface area contributed by atoms with Gasteiger partial charge in [0.25, 0.3) is 0 Å². The Morgan fingerprint density at radius 1 is 1.13 bits per heavy atom. The van der Waals surface area contributed by atoms with Gasteiger partial charge in [0.05, 0.1) is 30.7 Å². The summed E-state index contributed by atoms with van der Waals surface area (Å²) < 4.78 is 99.2. The van der Waals surface area contributed by atoms with E-state index in [1.54, 1.807) is 0 Å². The predicted molar refractivity (Wildman–Crippen MR) is 119 cm³/mol. The highest BCUT2D eigenvalue weighted by Crippen LogP contribution is 2.40. The molecule has 0 aliphatic carbocycles. The number of hydrogen-bond donors (Lipinski definition) is 4. The molecule has 1 unspecified atom stereocenters. The maximum absolute atomic E-state index is 14.5. The fraction of sp³-hybridized carbons (Fsp3) is 0.500. The summed E-state index contributed by atoms with van der Waals surface area (Å²) in [6, 6.07) is -0.304. The van der Waals surface area contributed by atoms with Crippen LogP contribution < -0.4 is 16.0 Å². The zero-order chi connectivity index (χ0) is 28.8. The first kappa shape index (κ1) is 30.8. The standard InChI is InChI=1S/C22H26F7N5O4/c1-21(2,22(27,28)29)17(33-20(37)38-3)18(36)31-7-12(35)6-30-8-13-14(23)4-11(5-15(13)24)16-9-34(10-32-16)19(25)26/h4-5,9-10,12,17,19,30,35H,6-8H2,1-3H3,(H,31,36)(H,33,37)/t12-,17?/m0/s1. The van der Waals surface area contributed by atoms with E-state index in [4.69, 9.17) is 0 Å². The quantitative estimate of drug-likeness (QED) is 0.316. The molecule has 1 aromatic heterocycles. The molecule has 0 saturated carbocycles. The van der Waals surface area contributed by atoms with E-state index in [2.05, 4.69) is 20.4 Å². The van der Waals surface area contributed by atoms with Crippen molar-refractivity contribution in [3.63, 3.8) is 0 Å². The smallest absolute Gasteiger partial charge is 0.407 e. The first-order valence-corrected chi connectivity index (χ1v) is 11.0. The number of carbonyl (C=O) groups excluding carboxylic acids is 2. The van der Waals surface area contributed by atoms with E-state index in [0.717, 1.165) is 31.8 Å². The topological polar surface area (TPSA) is 118 Å². The second-order valence-corrected chi connectivity index (χ2v) is 8.72. The van der Waals surface area contributed by atoms with Gasteiger partial charge in [-0.05, 0) is 26.0 Å². The summed E-state index contributed by atoms with van der Waals surface area (Å²) in [6.45, 7) is -2.81. The van der Waals surface area contributed by atoms with Crippen molar-refractivity contribution in [3.8, 4) is 11.3 Å². The fourth-order valence-corrected chi connectivity index (χ4v) is 3.18. The lowest BCUT2D eigenvalue weighted by molar-refractivity contribution is -0.220. The number of amides is 2. The van der Waals surface area contributed by atoms with Crippen LogP contribution in [0.3, 0.4) is 0 Å². The molecule has 4 N–H and O–H groups in total. The van der Waals surface area contributed by atoms with Crippen molar-refractivity contribution in [2.45, 2.75) is 45.3 Å². The van der Waals surface area contributed by atoms with Crippen molar-refractivity contribution in [2.24, 2.45) is 5.41 Å². The molecular weight excluding hydrogens is 531 g/mol. The highest BCUT2D eigenvalue weighted by atomic mass is 19.4. The number of aliphatic hydroxyl groups is 1. The number of halogens is 7. The summed E-state index contributed by atoms with van der Waals surface area (Å²) in [5.74, 6) is -3.29. The summed E-state index contributed by atoms with van der Waals surface area (Å²) in [5.41, 5.74) is -3.30. The van der Waals surface area contributed by atoms with E-state index in [1.807, 2.05) is 5.32 Å². The number of rotatable bonds is 11. The van der Waals surface area contributed by atoms with Gasteiger partial charge in [0.15, 0.2) is 0 Å². The van der Waals surface area contributed by atoms with Crippen molar-refractivity contribution in [1.29, 1.82) is 0 Å². The van der Waals surface area contributed by atoms with Gasteiger partial charge >= 0.3 is 18.8 Å². The van der Waals surface area contributed by atoms with Crippen LogP contribution in [0.2, 0.25) is 0 Å². The maximum atomic E-state index is 14.5. The molecule has 9 nitrogen and oxygen atoms in total. The Balaban J connectivity index is 1.96. The van der Waals surface area contributed by atoms with Gasteiger partial charge in [-0.25, -0.2) is 18.6 Å². The van der Waals surface area contributed by atoms with Crippen LogP contribution in [-0.2, 0) is 16.1 Å². The van der Waals surface area contributed by atoms with E-state index in [1.165, 1.54) is 0 Å². The predicted octanol–water partition coefficient (Wildman–Crippen LogP) is 3.10. The number of alkyl carbamates (subject to hydrolysis) is 1. The number of ether oxygens (including phenoxy) is 1. The molecule has 0 aliphatic heterocycles. The minimum Gasteiger partial charge on any atom is -0.453 e. The average molecular weight is 557 g/mol. The molecule has 1 aromatic carbocycles. The van der Waals surface area contributed by atoms with Crippen molar-refractivity contribution in [3.05, 3.63) is 41.9 Å². The van der Waals surface area contributed by atoms with Crippen LogP contribution in [0.1, 0.15) is 26.0 Å². The maximum Gasteiger partial charge on any atom is 0.407 e. The summed E-state index contributed by atoms with van der Waals surface area (Å²) in [7, 11) is 0.903. The molecule has 0 radical (unpaired) electrons. The van der Waals surface area contributed by atoms with E-state index in [0.29, 0.717) is 18.4 Å². The molecule has 2 rings (SSSR count). The number of alkyl halides is 5. The lowest BCUT2D eigenvalue weighted by Gasteiger charge is -2.35. The normalized spacial score (nSPS) is 13.8. The Hall–Kier alpha value is -3.40. The molecule has 38 heavy (non-hydrogen) atoms. The molecular formula is C22H26F7N5O4. The van der Waals surface area contributed by atoms with Crippen LogP contribution in [0.25, 0.3) is 11.3 Å². The molecule has 0 fully saturated rings. The van der Waals surface area contributed by atoms with E-state index in [-0.39, 0.29) is 17.8 Å². The Morgan fingerprint density at radius 2 is 1.74 bits per heavy atom. The number of aliphatic hydroxyl groups excluding tert-OH is 1. The number of nitrogens with zero attached hydrogens (tertiary/aromatic N) is 2. The van der Waals surface area contributed by atoms with Crippen LogP contribution in [0.15, 0.2) is 24.7 Å². The summed E-state index contributed by atoms with van der Waals surface area (Å²) in [4.78, 5) is 27.5. The van der Waals surface area contributed by atoms with Gasteiger partial charge in [-0.15, -0.1) is 0 Å². The molecule has 0 spiro atoms. The van der Waals surface area contributed by atoms with Gasteiger partial charge in [0, 0.05) is 37.0 Å². The largest absolute Gasteiger partial charge is 0.453 e. The monoisotopic (exact) mass is 557 g/mol. The number of carbonyl (C=O) groups is 2. The number of hydrogen-bond acceptors (Lipinski definition) is 6. The van der Waals surface area contributed by atoms with Gasteiger partial charge in [0.2, 0.25) is 5.91 Å². The minimum atomic E-state index is -4.89. The number of benzene rings is 1. The lowest BCUT2D eigenvalue weighted by Crippen LogP contribution is -2.60. The molecule has 16 heteroatoms. The van der Waals surface area contributed by atoms with Gasteiger partial charge in [-0.1, -0.05) is 0 Å². The number of aromatic nitrogens is 2. The van der Waals surface area contributed by atoms with Gasteiger partial charge in [-0.2, -0.15) is 22.0 Å². The lowest BCUT2D eigenvalue weighted by atomic mass is 9.83. The Kier molecular flexibility index (Phi) is 10.1. The van der Waals surface area contributed by atoms with Crippen LogP contribution in [0.5, 0.6) is 0 Å². The van der Waals surface area contributed by atoms with Gasteiger partial charge in [0.1, 0.15) is 17.7 Å². The number of methoxy groups -OCH3 is 1. The Morgan fingerprint density at radius 3 is 2.24 bits per heavy atom. The Labute approximate surface area is 212 Å². The molecule has 2 aromatic rings. The van der Waals surface area contributed by atoms with Crippen molar-refractivity contribution < 1.29 is 50.2 Å². The zero-order valence-corrected chi connectivity index (χ0v) is 20.4. The van der Waals surface area contributed by atoms with Gasteiger partial charge < -0.3 is 25.8 Å². The van der Waals surface area contributed by atoms with Crippen LogP contribution >= 0.6 is 0 Å². The molecule has 0 aliphatic rings. The number of imidazole rings is 1. The molecule has 0 bridgehead atoms. The third kappa shape index (κ3) is 7.56. The molecule has 1 heterocycles. The highest BCUT2D eigenvalue weighted by Gasteiger charge is 2.55. The third-order valence-electron chi connectivity index (χ3n) is 5.62. The minimum absolute atomic E-state index is 0.0807. The number of nitrogens with one attached hydrogen (secondary N) is 3. The van der Waals surface area contributed by atoms with Crippen LogP contribution in [-0.4, -0.2) is 65.2 Å². The SMILES string of the molecule is COC(=O)NC(C(=O)NC[C@@H](O)CNCc1c(F)cc(-c2cn(C(F)F)cn2)cc1F)C(C)(C)C(F)(F)F. The molecule has 212 valence electrons. The van der Waals surface area contributed by atoms with Crippen LogP contribution in [0, 0.1) is 17.0 Å². The van der Waals surface area contributed by atoms with E-state index < -0.39 is 72.6 Å². The fourth-order valence-electron chi connectivity index (χ4n) is 3.18. The van der Waals surface area contributed by atoms with Gasteiger partial charge in [-0.3, -0.25) is 9.36 Å². The molecule has 0 saturated heterocycles. The highest BCUT2D eigenvalue weighted by molar-refractivity contribution is 5.86. The Bertz CT molecular complexity index is 1100. The second kappa shape index (κ2) is 12.4. The van der Waals surface area contributed by atoms with Crippen molar-refractivity contribution in [1.82, 2.24) is 25.5 Å². The van der Waals surface area contributed by atoms with E-state index in [9.17, 15) is 45.4 Å². The van der Waals surface area contributed by atoms with Crippen LogP contribution in [0.4, 0.5) is 35.5 Å². The van der Waals surface area contributed by atoms with E-state index >= 15 is 0 Å². The van der Waals surface area contributed by atoms with Crippen molar-refractivity contribution in [2.75, 3.05) is 20.2 Å². The molecule has 2 atom stereocenters. The summed E-state index contributed by atoms with van der Waals surface area (Å²) >= 11 is 0. The first-order valence-electron chi connectivity index (χ1n) is 11.0. The van der Waals surface area contributed by atoms with Crippen molar-refractivity contribution >= 4 is 12.0 Å². The molecule has 2 amide bonds. The zero-order valence-electron chi connectivity index (χ0n) is 20.4. The summed E-state index contributed by atoms with van der Waals surface area (Å²) in [6.07, 6.45) is -5.83.